The molecule has 3 aromatic rings. The van der Waals surface area contributed by atoms with Crippen LogP contribution in [0, 0.1) is 0 Å². The molecule has 4 N–H and O–H groups in total. The summed E-state index contributed by atoms with van der Waals surface area (Å²) in [5, 5.41) is 10.3. The number of primary amides is 1. The number of carbonyl (C=O) groups excluding carboxylic acids is 1. The fourth-order valence-electron chi connectivity index (χ4n) is 2.35. The molecule has 8 heteroatoms. The maximum Gasteiger partial charge on any atom is 0.256 e. The van der Waals surface area contributed by atoms with Gasteiger partial charge < -0.3 is 15.8 Å². The summed E-state index contributed by atoms with van der Waals surface area (Å²) in [7, 11) is 1.57. The zero-order valence-electron chi connectivity index (χ0n) is 15.9. The SMILES string of the molecule is CC.COc1ccccc1C=Nc1n[nH]c(Nc2ccccc2Cl)c1C(N)=O. The molecule has 7 nitrogen and oxygen atoms in total. The highest BCUT2D eigenvalue weighted by atomic mass is 35.5. The van der Waals surface area contributed by atoms with E-state index in [-0.39, 0.29) is 11.4 Å². The van der Waals surface area contributed by atoms with Crippen LogP contribution in [0.25, 0.3) is 0 Å². The summed E-state index contributed by atoms with van der Waals surface area (Å²) >= 11 is 6.13. The van der Waals surface area contributed by atoms with Gasteiger partial charge in [-0.3, -0.25) is 9.89 Å². The number of halogens is 1. The number of nitrogens with two attached hydrogens (primary N) is 1. The lowest BCUT2D eigenvalue weighted by atomic mass is 10.2. The Morgan fingerprint density at radius 1 is 1.21 bits per heavy atom. The third-order valence-electron chi connectivity index (χ3n) is 3.59. The molecule has 2 aromatic carbocycles. The first-order valence-electron chi connectivity index (χ1n) is 8.67. The third-order valence-corrected chi connectivity index (χ3v) is 3.92. The van der Waals surface area contributed by atoms with E-state index in [1.807, 2.05) is 44.2 Å². The molecule has 0 radical (unpaired) electrons. The predicted molar refractivity (Wildman–Crippen MR) is 113 cm³/mol. The molecule has 0 saturated carbocycles. The van der Waals surface area contributed by atoms with Crippen molar-refractivity contribution in [2.75, 3.05) is 12.4 Å². The minimum atomic E-state index is -0.666. The maximum atomic E-state index is 11.9. The number of nitrogens with one attached hydrogen (secondary N) is 2. The highest BCUT2D eigenvalue weighted by Crippen LogP contribution is 2.29. The van der Waals surface area contributed by atoms with Gasteiger partial charge in [0.05, 0.1) is 17.8 Å². The second-order valence-electron chi connectivity index (χ2n) is 5.27. The normalized spacial score (nSPS) is 10.3. The Hall–Kier alpha value is -3.32. The van der Waals surface area contributed by atoms with E-state index in [2.05, 4.69) is 20.5 Å². The van der Waals surface area contributed by atoms with Crippen LogP contribution in [-0.2, 0) is 0 Å². The van der Waals surface area contributed by atoms with Gasteiger partial charge in [-0.05, 0) is 24.3 Å². The lowest BCUT2D eigenvalue weighted by molar-refractivity contribution is 0.100. The zero-order valence-corrected chi connectivity index (χ0v) is 16.6. The lowest BCUT2D eigenvalue weighted by Gasteiger charge is -2.07. The summed E-state index contributed by atoms with van der Waals surface area (Å²) < 4.78 is 5.27. The van der Waals surface area contributed by atoms with E-state index in [4.69, 9.17) is 22.1 Å². The van der Waals surface area contributed by atoms with Crippen molar-refractivity contribution < 1.29 is 9.53 Å². The van der Waals surface area contributed by atoms with Gasteiger partial charge in [0.15, 0.2) is 5.82 Å². The second-order valence-corrected chi connectivity index (χ2v) is 5.67. The molecular weight excluding hydrogens is 378 g/mol. The van der Waals surface area contributed by atoms with Crippen LogP contribution in [0.1, 0.15) is 29.8 Å². The summed E-state index contributed by atoms with van der Waals surface area (Å²) in [4.78, 5) is 16.2. The van der Waals surface area contributed by atoms with Crippen molar-refractivity contribution in [3.05, 3.63) is 64.7 Å². The van der Waals surface area contributed by atoms with Crippen molar-refractivity contribution >= 4 is 41.0 Å². The molecule has 0 fully saturated rings. The van der Waals surface area contributed by atoms with Crippen LogP contribution in [-0.4, -0.2) is 29.4 Å². The van der Waals surface area contributed by atoms with Crippen LogP contribution in [0.4, 0.5) is 17.3 Å². The first-order valence-corrected chi connectivity index (χ1v) is 9.04. The van der Waals surface area contributed by atoms with Gasteiger partial charge >= 0.3 is 0 Å². The standard InChI is InChI=1S/C18H16ClN5O2.C2H6/c1-26-14-9-5-2-6-11(14)10-21-17-15(16(20)25)18(24-23-17)22-13-8-4-3-7-12(13)19;1-2/h2-10H,1H3,(H2,20,25)(H2,22,23,24);1-2H3. The Balaban J connectivity index is 0.00000136. The zero-order chi connectivity index (χ0) is 20.5. The average Bonchev–Trinajstić information content (AvgIpc) is 3.12. The number of ether oxygens (including phenoxy) is 1. The average molecular weight is 400 g/mol. The van der Waals surface area contributed by atoms with Crippen molar-refractivity contribution in [2.24, 2.45) is 10.7 Å². The number of amides is 1. The molecule has 1 amide bonds. The molecule has 0 aliphatic rings. The Morgan fingerprint density at radius 3 is 2.57 bits per heavy atom. The molecule has 1 heterocycles. The van der Waals surface area contributed by atoms with Crippen molar-refractivity contribution in [3.63, 3.8) is 0 Å². The van der Waals surface area contributed by atoms with Gasteiger partial charge in [0.25, 0.3) is 5.91 Å². The van der Waals surface area contributed by atoms with Crippen molar-refractivity contribution in [1.82, 2.24) is 10.2 Å². The molecule has 0 spiro atoms. The summed E-state index contributed by atoms with van der Waals surface area (Å²) in [5.74, 6) is 0.470. The molecule has 3 rings (SSSR count). The number of hydrogen-bond acceptors (Lipinski definition) is 5. The molecule has 0 saturated heterocycles. The molecule has 0 atom stereocenters. The molecule has 28 heavy (non-hydrogen) atoms. The highest BCUT2D eigenvalue weighted by Gasteiger charge is 2.18. The summed E-state index contributed by atoms with van der Waals surface area (Å²) in [6.45, 7) is 4.00. The van der Waals surface area contributed by atoms with Gasteiger partial charge in [0, 0.05) is 11.8 Å². The van der Waals surface area contributed by atoms with Crippen LogP contribution in [0.3, 0.4) is 0 Å². The molecule has 146 valence electrons. The van der Waals surface area contributed by atoms with E-state index < -0.39 is 5.91 Å². The Bertz CT molecular complexity index is 969. The van der Waals surface area contributed by atoms with Crippen LogP contribution in [0.15, 0.2) is 53.5 Å². The van der Waals surface area contributed by atoms with E-state index >= 15 is 0 Å². The summed E-state index contributed by atoms with van der Waals surface area (Å²) in [6.07, 6.45) is 1.56. The van der Waals surface area contributed by atoms with Gasteiger partial charge in [-0.15, -0.1) is 0 Å². The summed E-state index contributed by atoms with van der Waals surface area (Å²) in [5.41, 5.74) is 7.00. The van der Waals surface area contributed by atoms with E-state index in [1.54, 1.807) is 31.5 Å². The van der Waals surface area contributed by atoms with Crippen LogP contribution in [0.5, 0.6) is 5.75 Å². The van der Waals surface area contributed by atoms with Crippen molar-refractivity contribution in [2.45, 2.75) is 13.8 Å². The number of rotatable bonds is 6. The number of carbonyl (C=O) groups is 1. The topological polar surface area (TPSA) is 105 Å². The number of methoxy groups -OCH3 is 1. The first-order chi connectivity index (χ1) is 13.6. The number of para-hydroxylation sites is 2. The lowest BCUT2D eigenvalue weighted by Crippen LogP contribution is -2.12. The highest BCUT2D eigenvalue weighted by molar-refractivity contribution is 6.33. The molecule has 0 aliphatic heterocycles. The number of aromatic nitrogens is 2. The minimum absolute atomic E-state index is 0.135. The van der Waals surface area contributed by atoms with E-state index in [9.17, 15) is 4.79 Å². The fourth-order valence-corrected chi connectivity index (χ4v) is 2.53. The van der Waals surface area contributed by atoms with Crippen LogP contribution in [0.2, 0.25) is 5.02 Å². The van der Waals surface area contributed by atoms with Gasteiger partial charge in [-0.25, -0.2) is 4.99 Å². The number of anilines is 2. The van der Waals surface area contributed by atoms with Gasteiger partial charge in [-0.2, -0.15) is 5.10 Å². The van der Waals surface area contributed by atoms with Crippen LogP contribution < -0.4 is 15.8 Å². The quantitative estimate of drug-likeness (QED) is 0.522. The number of aliphatic imine (C=N–C) groups is 1. The molecule has 0 unspecified atom stereocenters. The molecule has 0 aliphatic carbocycles. The smallest absolute Gasteiger partial charge is 0.256 e. The Labute approximate surface area is 168 Å². The van der Waals surface area contributed by atoms with Crippen molar-refractivity contribution in [3.8, 4) is 5.75 Å². The summed E-state index contributed by atoms with van der Waals surface area (Å²) in [6, 6.07) is 14.5. The number of hydrogen-bond donors (Lipinski definition) is 3. The number of aromatic amines is 1. The first kappa shape index (κ1) is 21.0. The van der Waals surface area contributed by atoms with Crippen LogP contribution >= 0.6 is 11.6 Å². The monoisotopic (exact) mass is 399 g/mol. The fraction of sp³-hybridized carbons (Fsp3) is 0.150. The molecule has 1 aromatic heterocycles. The second kappa shape index (κ2) is 10.1. The number of nitrogens with zero attached hydrogens (tertiary/aromatic N) is 2. The Morgan fingerprint density at radius 2 is 1.89 bits per heavy atom. The number of H-pyrrole nitrogens is 1. The van der Waals surface area contributed by atoms with Gasteiger partial charge in [0.1, 0.15) is 17.1 Å². The molecular formula is C20H22ClN5O2. The van der Waals surface area contributed by atoms with E-state index in [1.165, 1.54) is 0 Å². The molecule has 0 bridgehead atoms. The largest absolute Gasteiger partial charge is 0.496 e. The van der Waals surface area contributed by atoms with Crippen molar-refractivity contribution in [1.29, 1.82) is 0 Å². The van der Waals surface area contributed by atoms with Gasteiger partial charge in [-0.1, -0.05) is 49.7 Å². The van der Waals surface area contributed by atoms with Gasteiger partial charge in [0.2, 0.25) is 0 Å². The Kier molecular flexibility index (Phi) is 7.59. The van der Waals surface area contributed by atoms with E-state index in [0.717, 1.165) is 5.56 Å². The minimum Gasteiger partial charge on any atom is -0.496 e. The number of benzene rings is 2. The predicted octanol–water partition coefficient (Wildman–Crippen LogP) is 4.69. The maximum absolute atomic E-state index is 11.9. The third kappa shape index (κ3) is 4.89. The van der Waals surface area contributed by atoms with E-state index in [0.29, 0.717) is 22.3 Å².